The summed E-state index contributed by atoms with van der Waals surface area (Å²) in [4.78, 5) is 12.4. The second kappa shape index (κ2) is 7.53. The van der Waals surface area contributed by atoms with Gasteiger partial charge in [-0.05, 0) is 53.1 Å². The van der Waals surface area contributed by atoms with Crippen molar-refractivity contribution >= 4 is 5.91 Å². The number of hydrogen-bond acceptors (Lipinski definition) is 2. The van der Waals surface area contributed by atoms with E-state index in [0.29, 0.717) is 11.1 Å². The summed E-state index contributed by atoms with van der Waals surface area (Å²) in [5.74, 6) is -0.234. The lowest BCUT2D eigenvalue weighted by Gasteiger charge is -2.10. The largest absolute Gasteiger partial charge is 0.508 e. The molecule has 27 heavy (non-hydrogen) atoms. The van der Waals surface area contributed by atoms with Gasteiger partial charge in [0.15, 0.2) is 0 Å². The van der Waals surface area contributed by atoms with Crippen LogP contribution in [0.1, 0.15) is 21.5 Å². The van der Waals surface area contributed by atoms with E-state index in [2.05, 4.69) is 5.32 Å². The van der Waals surface area contributed by atoms with E-state index < -0.39 is 11.7 Å². The van der Waals surface area contributed by atoms with Crippen LogP contribution >= 0.6 is 0 Å². The lowest BCUT2D eigenvalue weighted by atomic mass is 10.0. The van der Waals surface area contributed by atoms with Gasteiger partial charge >= 0.3 is 6.18 Å². The fourth-order valence-corrected chi connectivity index (χ4v) is 2.64. The third kappa shape index (κ3) is 4.67. The fraction of sp³-hybridized carbons (Fsp3) is 0.0952. The SMILES string of the molecule is O=C(NCc1cccc(C(F)(F)F)c1)c1cccc(-c2ccc(O)cc2)c1. The molecule has 0 bridgehead atoms. The number of hydrogen-bond donors (Lipinski definition) is 2. The van der Waals surface area contributed by atoms with E-state index in [1.807, 2.05) is 6.07 Å². The first-order chi connectivity index (χ1) is 12.8. The summed E-state index contributed by atoms with van der Waals surface area (Å²) in [5.41, 5.74) is 1.64. The number of benzene rings is 3. The monoisotopic (exact) mass is 371 g/mol. The predicted molar refractivity (Wildman–Crippen MR) is 96.2 cm³/mol. The number of aromatic hydroxyl groups is 1. The summed E-state index contributed by atoms with van der Waals surface area (Å²) in [6.45, 7) is -0.00775. The minimum atomic E-state index is -4.42. The van der Waals surface area contributed by atoms with Crippen LogP contribution in [-0.2, 0) is 12.7 Å². The summed E-state index contributed by atoms with van der Waals surface area (Å²) in [6, 6.07) is 18.3. The smallest absolute Gasteiger partial charge is 0.416 e. The van der Waals surface area contributed by atoms with Gasteiger partial charge in [0.2, 0.25) is 0 Å². The highest BCUT2D eigenvalue weighted by Crippen LogP contribution is 2.29. The minimum absolute atomic E-state index is 0.00775. The number of carbonyl (C=O) groups is 1. The van der Waals surface area contributed by atoms with Crippen LogP contribution in [0.2, 0.25) is 0 Å². The Kier molecular flexibility index (Phi) is 5.16. The number of carbonyl (C=O) groups excluding carboxylic acids is 1. The molecule has 6 heteroatoms. The summed E-state index contributed by atoms with van der Waals surface area (Å²) in [7, 11) is 0. The van der Waals surface area contributed by atoms with Crippen LogP contribution in [0.5, 0.6) is 5.75 Å². The molecular formula is C21H16F3NO2. The summed E-state index contributed by atoms with van der Waals surface area (Å²) in [6.07, 6.45) is -4.42. The molecule has 2 N–H and O–H groups in total. The number of halogens is 3. The summed E-state index contributed by atoms with van der Waals surface area (Å²) < 4.78 is 38.3. The van der Waals surface area contributed by atoms with E-state index >= 15 is 0 Å². The molecule has 0 fully saturated rings. The number of nitrogens with one attached hydrogen (secondary N) is 1. The maximum absolute atomic E-state index is 12.8. The summed E-state index contributed by atoms with van der Waals surface area (Å²) >= 11 is 0. The van der Waals surface area contributed by atoms with Gasteiger partial charge in [-0.15, -0.1) is 0 Å². The van der Waals surface area contributed by atoms with E-state index in [4.69, 9.17) is 0 Å². The van der Waals surface area contributed by atoms with Gasteiger partial charge in [-0.3, -0.25) is 4.79 Å². The molecule has 0 aliphatic carbocycles. The van der Waals surface area contributed by atoms with Crippen LogP contribution in [-0.4, -0.2) is 11.0 Å². The van der Waals surface area contributed by atoms with Crippen LogP contribution in [0.25, 0.3) is 11.1 Å². The molecule has 3 aromatic carbocycles. The quantitative estimate of drug-likeness (QED) is 0.677. The average Bonchev–Trinajstić information content (AvgIpc) is 2.66. The molecule has 0 radical (unpaired) electrons. The third-order valence-corrected chi connectivity index (χ3v) is 4.03. The first kappa shape index (κ1) is 18.5. The maximum Gasteiger partial charge on any atom is 0.416 e. The molecule has 1 amide bonds. The molecular weight excluding hydrogens is 355 g/mol. The van der Waals surface area contributed by atoms with Gasteiger partial charge in [-0.1, -0.05) is 36.4 Å². The topological polar surface area (TPSA) is 49.3 Å². The lowest BCUT2D eigenvalue weighted by Crippen LogP contribution is -2.23. The molecule has 0 spiro atoms. The van der Waals surface area contributed by atoms with Crippen molar-refractivity contribution in [3.63, 3.8) is 0 Å². The van der Waals surface area contributed by atoms with Crippen molar-refractivity contribution in [1.82, 2.24) is 5.32 Å². The average molecular weight is 371 g/mol. The highest BCUT2D eigenvalue weighted by Gasteiger charge is 2.30. The highest BCUT2D eigenvalue weighted by atomic mass is 19.4. The van der Waals surface area contributed by atoms with E-state index in [9.17, 15) is 23.1 Å². The molecule has 0 unspecified atom stereocenters. The molecule has 0 aliphatic rings. The molecule has 138 valence electrons. The Morgan fingerprint density at radius 1 is 0.889 bits per heavy atom. The van der Waals surface area contributed by atoms with Crippen molar-refractivity contribution in [2.75, 3.05) is 0 Å². The van der Waals surface area contributed by atoms with Crippen molar-refractivity contribution in [2.45, 2.75) is 12.7 Å². The van der Waals surface area contributed by atoms with Gasteiger partial charge in [0.1, 0.15) is 5.75 Å². The molecule has 3 rings (SSSR count). The Morgan fingerprint density at radius 2 is 1.59 bits per heavy atom. The van der Waals surface area contributed by atoms with Crippen molar-refractivity contribution in [1.29, 1.82) is 0 Å². The Labute approximate surface area is 154 Å². The lowest BCUT2D eigenvalue weighted by molar-refractivity contribution is -0.137. The number of phenols is 1. The Morgan fingerprint density at radius 3 is 2.30 bits per heavy atom. The first-order valence-electron chi connectivity index (χ1n) is 8.17. The molecule has 3 aromatic rings. The fourth-order valence-electron chi connectivity index (χ4n) is 2.64. The van der Waals surface area contributed by atoms with Crippen molar-refractivity contribution in [3.05, 3.63) is 89.5 Å². The Balaban J connectivity index is 1.72. The van der Waals surface area contributed by atoms with Crippen LogP contribution in [0.4, 0.5) is 13.2 Å². The highest BCUT2D eigenvalue weighted by molar-refractivity contribution is 5.95. The maximum atomic E-state index is 12.8. The second-order valence-electron chi connectivity index (χ2n) is 6.01. The van der Waals surface area contributed by atoms with E-state index in [1.54, 1.807) is 42.5 Å². The van der Waals surface area contributed by atoms with Crippen molar-refractivity contribution < 1.29 is 23.1 Å². The van der Waals surface area contributed by atoms with Gasteiger partial charge in [-0.2, -0.15) is 13.2 Å². The van der Waals surface area contributed by atoms with Crippen molar-refractivity contribution in [2.24, 2.45) is 0 Å². The minimum Gasteiger partial charge on any atom is -0.508 e. The van der Waals surface area contributed by atoms with Gasteiger partial charge in [0.05, 0.1) is 5.56 Å². The number of amides is 1. The van der Waals surface area contributed by atoms with Crippen molar-refractivity contribution in [3.8, 4) is 16.9 Å². The Hall–Kier alpha value is -3.28. The van der Waals surface area contributed by atoms with E-state index in [1.165, 1.54) is 12.1 Å². The zero-order valence-corrected chi connectivity index (χ0v) is 14.1. The molecule has 0 saturated heterocycles. The summed E-state index contributed by atoms with van der Waals surface area (Å²) in [5, 5.41) is 12.0. The molecule has 0 atom stereocenters. The standard InChI is InChI=1S/C21H16F3NO2/c22-21(23,24)18-6-1-3-14(11-18)13-25-20(27)17-5-2-4-16(12-17)15-7-9-19(26)10-8-15/h1-12,26H,13H2,(H,25,27). The zero-order chi connectivity index (χ0) is 19.4. The number of alkyl halides is 3. The van der Waals surface area contributed by atoms with Crippen LogP contribution < -0.4 is 5.32 Å². The molecule has 0 saturated carbocycles. The van der Waals surface area contributed by atoms with Crippen LogP contribution in [0.15, 0.2) is 72.8 Å². The van der Waals surface area contributed by atoms with Gasteiger partial charge in [0.25, 0.3) is 5.91 Å². The van der Waals surface area contributed by atoms with E-state index in [0.717, 1.165) is 23.3 Å². The van der Waals surface area contributed by atoms with Gasteiger partial charge < -0.3 is 10.4 Å². The third-order valence-electron chi connectivity index (χ3n) is 4.03. The molecule has 0 aromatic heterocycles. The zero-order valence-electron chi connectivity index (χ0n) is 14.1. The van der Waals surface area contributed by atoms with E-state index in [-0.39, 0.29) is 18.2 Å². The number of rotatable bonds is 4. The predicted octanol–water partition coefficient (Wildman–Crippen LogP) is 5.01. The number of phenolic OH excluding ortho intramolecular Hbond substituents is 1. The molecule has 0 aliphatic heterocycles. The molecule has 3 nitrogen and oxygen atoms in total. The first-order valence-corrected chi connectivity index (χ1v) is 8.17. The van der Waals surface area contributed by atoms with Crippen LogP contribution in [0.3, 0.4) is 0 Å². The van der Waals surface area contributed by atoms with Crippen LogP contribution in [0, 0.1) is 0 Å². The second-order valence-corrected chi connectivity index (χ2v) is 6.01. The Bertz CT molecular complexity index is 950. The molecule has 0 heterocycles. The van der Waals surface area contributed by atoms with Gasteiger partial charge in [0, 0.05) is 12.1 Å². The normalized spacial score (nSPS) is 11.2. The van der Waals surface area contributed by atoms with Gasteiger partial charge in [-0.25, -0.2) is 0 Å².